The smallest absolute Gasteiger partial charge is 0.0511 e. The largest absolute Gasteiger partial charge is 0.378 e. The van der Waals surface area contributed by atoms with Crippen LogP contribution in [0.5, 0.6) is 0 Å². The zero-order chi connectivity index (χ0) is 14.7. The topological polar surface area (TPSA) is 12.0 Å². The van der Waals surface area contributed by atoms with E-state index in [0.29, 0.717) is 6.04 Å². The molecule has 1 heteroatoms. The summed E-state index contributed by atoms with van der Waals surface area (Å²) in [6, 6.07) is 16.3. The fourth-order valence-electron chi connectivity index (χ4n) is 3.27. The molecular formula is C20H25N. The lowest BCUT2D eigenvalue weighted by Gasteiger charge is -2.20. The van der Waals surface area contributed by atoms with Crippen molar-refractivity contribution >= 4 is 5.69 Å². The minimum atomic E-state index is 0.398. The van der Waals surface area contributed by atoms with Crippen molar-refractivity contribution in [3.8, 4) is 0 Å². The van der Waals surface area contributed by atoms with Gasteiger partial charge in [-0.15, -0.1) is 0 Å². The summed E-state index contributed by atoms with van der Waals surface area (Å²) in [7, 11) is 0. The molecule has 1 nitrogen and oxygen atoms in total. The van der Waals surface area contributed by atoms with Crippen LogP contribution < -0.4 is 5.32 Å². The molecule has 1 N–H and O–H groups in total. The monoisotopic (exact) mass is 279 g/mol. The molecule has 110 valence electrons. The third-order valence-electron chi connectivity index (χ3n) is 4.64. The van der Waals surface area contributed by atoms with Gasteiger partial charge in [-0.2, -0.15) is 0 Å². The molecule has 1 aliphatic carbocycles. The quantitative estimate of drug-likeness (QED) is 0.783. The Bertz CT molecular complexity index is 598. The normalized spacial score (nSPS) is 14.8. The Morgan fingerprint density at radius 3 is 2.43 bits per heavy atom. The molecule has 0 saturated carbocycles. The van der Waals surface area contributed by atoms with Crippen LogP contribution in [0.25, 0.3) is 0 Å². The van der Waals surface area contributed by atoms with Crippen molar-refractivity contribution in [1.29, 1.82) is 0 Å². The summed E-state index contributed by atoms with van der Waals surface area (Å²) in [6.07, 6.45) is 6.02. The van der Waals surface area contributed by atoms with Gasteiger partial charge < -0.3 is 5.32 Å². The van der Waals surface area contributed by atoms with Gasteiger partial charge >= 0.3 is 0 Å². The van der Waals surface area contributed by atoms with Gasteiger partial charge in [0.1, 0.15) is 0 Å². The molecule has 0 heterocycles. The average molecular weight is 279 g/mol. The van der Waals surface area contributed by atoms with Crippen molar-refractivity contribution in [2.24, 2.45) is 0 Å². The van der Waals surface area contributed by atoms with E-state index in [1.807, 2.05) is 0 Å². The van der Waals surface area contributed by atoms with Gasteiger partial charge in [-0.1, -0.05) is 44.2 Å². The van der Waals surface area contributed by atoms with Gasteiger partial charge in [-0.3, -0.25) is 0 Å². The number of hydrogen-bond donors (Lipinski definition) is 1. The molecule has 0 spiro atoms. The van der Waals surface area contributed by atoms with E-state index in [1.54, 1.807) is 5.56 Å². The van der Waals surface area contributed by atoms with Gasteiger partial charge in [-0.25, -0.2) is 0 Å². The van der Waals surface area contributed by atoms with Crippen molar-refractivity contribution < 1.29 is 0 Å². The standard InChI is InChI=1S/C20H25N/c1-3-15-8-10-17(11-9-15)20(4-2)21-19-13-12-16-6-5-7-18(16)14-19/h8-14,20-21H,3-7H2,1-2H3. The van der Waals surface area contributed by atoms with Crippen molar-refractivity contribution in [3.63, 3.8) is 0 Å². The summed E-state index contributed by atoms with van der Waals surface area (Å²) >= 11 is 0. The zero-order valence-corrected chi connectivity index (χ0v) is 13.2. The molecule has 0 bridgehead atoms. The first-order valence-electron chi connectivity index (χ1n) is 8.27. The number of fused-ring (bicyclic) bond motifs is 1. The molecule has 0 aromatic heterocycles. The first kappa shape index (κ1) is 14.2. The van der Waals surface area contributed by atoms with Crippen LogP contribution in [0.1, 0.15) is 55.0 Å². The van der Waals surface area contributed by atoms with Crippen LogP contribution in [0.15, 0.2) is 42.5 Å². The lowest BCUT2D eigenvalue weighted by molar-refractivity contribution is 0.748. The fraction of sp³-hybridized carbons (Fsp3) is 0.400. The van der Waals surface area contributed by atoms with Gasteiger partial charge in [0, 0.05) is 5.69 Å². The van der Waals surface area contributed by atoms with E-state index in [9.17, 15) is 0 Å². The number of nitrogens with one attached hydrogen (secondary N) is 1. The number of hydrogen-bond acceptors (Lipinski definition) is 1. The Labute approximate surface area is 128 Å². The summed E-state index contributed by atoms with van der Waals surface area (Å²) in [4.78, 5) is 0. The number of anilines is 1. The highest BCUT2D eigenvalue weighted by molar-refractivity contribution is 5.51. The summed E-state index contributed by atoms with van der Waals surface area (Å²) in [5, 5.41) is 3.71. The van der Waals surface area contributed by atoms with Crippen molar-refractivity contribution in [1.82, 2.24) is 0 Å². The summed E-state index contributed by atoms with van der Waals surface area (Å²) in [6.45, 7) is 4.45. The van der Waals surface area contributed by atoms with E-state index >= 15 is 0 Å². The lowest BCUT2D eigenvalue weighted by Crippen LogP contribution is -2.10. The first-order chi connectivity index (χ1) is 10.3. The van der Waals surface area contributed by atoms with Gasteiger partial charge in [-0.05, 0) is 66.5 Å². The Morgan fingerprint density at radius 2 is 1.71 bits per heavy atom. The Morgan fingerprint density at radius 1 is 0.952 bits per heavy atom. The molecule has 0 radical (unpaired) electrons. The van der Waals surface area contributed by atoms with Gasteiger partial charge in [0.2, 0.25) is 0 Å². The molecule has 1 atom stereocenters. The van der Waals surface area contributed by atoms with E-state index in [-0.39, 0.29) is 0 Å². The molecule has 2 aromatic carbocycles. The van der Waals surface area contributed by atoms with E-state index < -0.39 is 0 Å². The predicted molar refractivity (Wildman–Crippen MR) is 90.9 cm³/mol. The Kier molecular flexibility index (Phi) is 4.28. The van der Waals surface area contributed by atoms with Gasteiger partial charge in [0.15, 0.2) is 0 Å². The predicted octanol–water partition coefficient (Wildman–Crippen LogP) is 5.30. The van der Waals surface area contributed by atoms with Crippen molar-refractivity contribution in [2.75, 3.05) is 5.32 Å². The maximum absolute atomic E-state index is 3.71. The Balaban J connectivity index is 1.77. The number of benzene rings is 2. The van der Waals surface area contributed by atoms with Crippen LogP contribution in [-0.2, 0) is 19.3 Å². The second-order valence-corrected chi connectivity index (χ2v) is 6.04. The summed E-state index contributed by atoms with van der Waals surface area (Å²) in [5.74, 6) is 0. The van der Waals surface area contributed by atoms with Crippen LogP contribution in [-0.4, -0.2) is 0 Å². The highest BCUT2D eigenvalue weighted by atomic mass is 14.9. The van der Waals surface area contributed by atoms with Gasteiger partial charge in [0.05, 0.1) is 6.04 Å². The molecule has 2 aromatic rings. The van der Waals surface area contributed by atoms with Crippen LogP contribution in [0, 0.1) is 0 Å². The molecule has 1 aliphatic rings. The van der Waals surface area contributed by atoms with Crippen LogP contribution in [0.4, 0.5) is 5.69 Å². The molecule has 3 rings (SSSR count). The van der Waals surface area contributed by atoms with Crippen molar-refractivity contribution in [3.05, 3.63) is 64.7 Å². The molecular weight excluding hydrogens is 254 g/mol. The number of rotatable bonds is 5. The van der Waals surface area contributed by atoms with Crippen LogP contribution in [0.2, 0.25) is 0 Å². The zero-order valence-electron chi connectivity index (χ0n) is 13.2. The van der Waals surface area contributed by atoms with E-state index in [2.05, 4.69) is 61.6 Å². The highest BCUT2D eigenvalue weighted by Crippen LogP contribution is 2.28. The summed E-state index contributed by atoms with van der Waals surface area (Å²) in [5.41, 5.74) is 7.14. The fourth-order valence-corrected chi connectivity index (χ4v) is 3.27. The molecule has 21 heavy (non-hydrogen) atoms. The summed E-state index contributed by atoms with van der Waals surface area (Å²) < 4.78 is 0. The maximum atomic E-state index is 3.71. The minimum absolute atomic E-state index is 0.398. The maximum Gasteiger partial charge on any atom is 0.0511 e. The van der Waals surface area contributed by atoms with E-state index in [1.165, 1.54) is 41.6 Å². The highest BCUT2D eigenvalue weighted by Gasteiger charge is 2.13. The van der Waals surface area contributed by atoms with Crippen LogP contribution in [0.3, 0.4) is 0 Å². The Hall–Kier alpha value is -1.76. The van der Waals surface area contributed by atoms with Crippen molar-refractivity contribution in [2.45, 2.75) is 52.0 Å². The average Bonchev–Trinajstić information content (AvgIpc) is 3.00. The molecule has 1 unspecified atom stereocenters. The molecule has 0 fully saturated rings. The molecule has 0 saturated heterocycles. The van der Waals surface area contributed by atoms with E-state index in [0.717, 1.165) is 12.8 Å². The SMILES string of the molecule is CCc1ccc(C(CC)Nc2ccc3c(c2)CCC3)cc1. The second kappa shape index (κ2) is 6.34. The molecule has 0 aliphatic heterocycles. The van der Waals surface area contributed by atoms with Gasteiger partial charge in [0.25, 0.3) is 0 Å². The lowest BCUT2D eigenvalue weighted by atomic mass is 10.0. The van der Waals surface area contributed by atoms with E-state index in [4.69, 9.17) is 0 Å². The molecule has 0 amide bonds. The number of aryl methyl sites for hydroxylation is 3. The third kappa shape index (κ3) is 3.12. The second-order valence-electron chi connectivity index (χ2n) is 6.04. The minimum Gasteiger partial charge on any atom is -0.378 e. The third-order valence-corrected chi connectivity index (χ3v) is 4.64. The first-order valence-corrected chi connectivity index (χ1v) is 8.27. The van der Waals surface area contributed by atoms with Crippen LogP contribution >= 0.6 is 0 Å².